The Hall–Kier alpha value is -1.79. The van der Waals surface area contributed by atoms with E-state index in [0.29, 0.717) is 18.3 Å². The summed E-state index contributed by atoms with van der Waals surface area (Å²) < 4.78 is 23.6. The van der Waals surface area contributed by atoms with Crippen LogP contribution in [0.1, 0.15) is 44.2 Å². The zero-order chi connectivity index (χ0) is 15.5. The number of aromatic nitrogens is 2. The second-order valence-electron chi connectivity index (χ2n) is 5.41. The maximum absolute atomic E-state index is 13.3. The van der Waals surface area contributed by atoms with Crippen LogP contribution in [-0.2, 0) is 16.8 Å². The normalized spacial score (nSPS) is 13.4. The summed E-state index contributed by atoms with van der Waals surface area (Å²) in [6.45, 7) is 6.18. The summed E-state index contributed by atoms with van der Waals surface area (Å²) in [6, 6.07) is 6.51. The predicted molar refractivity (Wildman–Crippen MR) is 76.0 cm³/mol. The van der Waals surface area contributed by atoms with Gasteiger partial charge in [-0.3, -0.25) is 5.32 Å². The van der Waals surface area contributed by atoms with E-state index in [0.717, 1.165) is 5.56 Å². The van der Waals surface area contributed by atoms with Crippen molar-refractivity contribution in [1.82, 2.24) is 15.5 Å². The first-order valence-corrected chi connectivity index (χ1v) is 6.78. The minimum Gasteiger partial charge on any atom is -0.374 e. The van der Waals surface area contributed by atoms with Gasteiger partial charge in [0.25, 0.3) is 0 Å². The van der Waals surface area contributed by atoms with Crippen LogP contribution in [0.5, 0.6) is 0 Å². The minimum atomic E-state index is -0.413. The summed E-state index contributed by atoms with van der Waals surface area (Å²) in [7, 11) is 1.59. The summed E-state index contributed by atoms with van der Waals surface area (Å²) in [5.41, 5.74) is 0.441. The van der Waals surface area contributed by atoms with Crippen molar-refractivity contribution in [2.75, 3.05) is 7.11 Å². The molecule has 0 amide bonds. The van der Waals surface area contributed by atoms with Gasteiger partial charge in [-0.25, -0.2) is 4.39 Å². The van der Waals surface area contributed by atoms with Gasteiger partial charge >= 0.3 is 0 Å². The lowest BCUT2D eigenvalue weighted by Gasteiger charge is -2.26. The van der Waals surface area contributed by atoms with Gasteiger partial charge in [0.15, 0.2) is 5.82 Å². The van der Waals surface area contributed by atoms with Gasteiger partial charge in [0.2, 0.25) is 5.89 Å². The van der Waals surface area contributed by atoms with Crippen LogP contribution in [-0.4, -0.2) is 17.3 Å². The molecule has 1 aromatic heterocycles. The van der Waals surface area contributed by atoms with E-state index in [1.165, 1.54) is 12.1 Å². The maximum atomic E-state index is 13.3. The molecule has 2 aromatic rings. The van der Waals surface area contributed by atoms with E-state index < -0.39 is 5.54 Å². The molecule has 0 radical (unpaired) electrons. The van der Waals surface area contributed by atoms with E-state index in [9.17, 15) is 4.39 Å². The van der Waals surface area contributed by atoms with Crippen LogP contribution in [0.3, 0.4) is 0 Å². The third-order valence-corrected chi connectivity index (χ3v) is 3.43. The molecule has 0 aliphatic rings. The minimum absolute atomic E-state index is 0.210. The van der Waals surface area contributed by atoms with E-state index in [2.05, 4.69) is 15.5 Å². The summed E-state index contributed by atoms with van der Waals surface area (Å²) in [6.07, 6.45) is -0.210. The van der Waals surface area contributed by atoms with E-state index in [1.807, 2.05) is 26.8 Å². The van der Waals surface area contributed by atoms with Gasteiger partial charge in [-0.05, 0) is 38.5 Å². The Labute approximate surface area is 123 Å². The van der Waals surface area contributed by atoms with Crippen molar-refractivity contribution in [3.8, 4) is 0 Å². The van der Waals surface area contributed by atoms with Crippen molar-refractivity contribution in [1.29, 1.82) is 0 Å². The van der Waals surface area contributed by atoms with E-state index in [4.69, 9.17) is 9.26 Å². The smallest absolute Gasteiger partial charge is 0.240 e. The Balaban J connectivity index is 2.03. The average Bonchev–Trinajstić information content (AvgIpc) is 2.93. The summed E-state index contributed by atoms with van der Waals surface area (Å²) in [4.78, 5) is 4.26. The molecule has 6 heteroatoms. The van der Waals surface area contributed by atoms with Crippen molar-refractivity contribution >= 4 is 0 Å². The highest BCUT2D eigenvalue weighted by Crippen LogP contribution is 2.21. The predicted octanol–water partition coefficient (Wildman–Crippen LogP) is 2.94. The number of nitrogens with one attached hydrogen (secondary N) is 1. The van der Waals surface area contributed by atoms with Crippen LogP contribution < -0.4 is 5.32 Å². The molecule has 21 heavy (non-hydrogen) atoms. The fourth-order valence-electron chi connectivity index (χ4n) is 1.89. The molecule has 0 aliphatic heterocycles. The Morgan fingerprint density at radius 3 is 2.86 bits per heavy atom. The van der Waals surface area contributed by atoms with Crippen molar-refractivity contribution in [3.63, 3.8) is 0 Å². The molecular formula is C15H20FN3O2. The van der Waals surface area contributed by atoms with Crippen LogP contribution >= 0.6 is 0 Å². The lowest BCUT2D eigenvalue weighted by Crippen LogP contribution is -2.36. The van der Waals surface area contributed by atoms with Crippen LogP contribution in [0.4, 0.5) is 4.39 Å². The van der Waals surface area contributed by atoms with Crippen molar-refractivity contribution in [2.24, 2.45) is 0 Å². The van der Waals surface area contributed by atoms with E-state index in [1.54, 1.807) is 13.2 Å². The van der Waals surface area contributed by atoms with Gasteiger partial charge in [0, 0.05) is 12.6 Å². The van der Waals surface area contributed by atoms with Gasteiger partial charge < -0.3 is 9.26 Å². The molecule has 1 heterocycles. The topological polar surface area (TPSA) is 60.2 Å². The lowest BCUT2D eigenvalue weighted by atomic mass is 9.94. The second-order valence-corrected chi connectivity index (χ2v) is 5.41. The molecule has 5 nitrogen and oxygen atoms in total. The van der Waals surface area contributed by atoms with Crippen LogP contribution in [0.25, 0.3) is 0 Å². The fraction of sp³-hybridized carbons (Fsp3) is 0.467. The van der Waals surface area contributed by atoms with E-state index in [-0.39, 0.29) is 11.9 Å². The van der Waals surface area contributed by atoms with Gasteiger partial charge in [-0.1, -0.05) is 17.3 Å². The number of ether oxygens (including phenoxy) is 1. The second kappa shape index (κ2) is 6.32. The Morgan fingerprint density at radius 2 is 2.19 bits per heavy atom. The molecule has 0 bridgehead atoms. The zero-order valence-electron chi connectivity index (χ0n) is 12.7. The maximum Gasteiger partial charge on any atom is 0.240 e. The number of hydrogen-bond acceptors (Lipinski definition) is 5. The number of benzene rings is 1. The molecule has 2 rings (SSSR count). The fourth-order valence-corrected chi connectivity index (χ4v) is 1.89. The highest BCUT2D eigenvalue weighted by atomic mass is 19.1. The quantitative estimate of drug-likeness (QED) is 0.887. The standard InChI is InChI=1S/C15H20FN3O2/c1-10(20-4)14-18-13(21-19-14)9-17-15(2,3)11-6-5-7-12(16)8-11/h5-8,10,17H,9H2,1-4H3/t10-/m1/s1. The third-order valence-electron chi connectivity index (χ3n) is 3.43. The Morgan fingerprint density at radius 1 is 1.43 bits per heavy atom. The summed E-state index contributed by atoms with van der Waals surface area (Å²) in [5.74, 6) is 0.729. The molecule has 0 spiro atoms. The molecule has 0 aliphatic carbocycles. The molecule has 1 N–H and O–H groups in total. The van der Waals surface area contributed by atoms with Crippen LogP contribution in [0.15, 0.2) is 28.8 Å². The van der Waals surface area contributed by atoms with Gasteiger partial charge in [-0.15, -0.1) is 0 Å². The number of methoxy groups -OCH3 is 1. The number of hydrogen-bond donors (Lipinski definition) is 1. The Bertz CT molecular complexity index is 598. The SMILES string of the molecule is CO[C@H](C)c1noc(CNC(C)(C)c2cccc(F)c2)n1. The molecule has 1 aromatic carbocycles. The van der Waals surface area contributed by atoms with Crippen molar-refractivity contribution < 1.29 is 13.7 Å². The lowest BCUT2D eigenvalue weighted by molar-refractivity contribution is 0.109. The summed E-state index contributed by atoms with van der Waals surface area (Å²) >= 11 is 0. The first-order chi connectivity index (χ1) is 9.92. The Kier molecular flexibility index (Phi) is 4.69. The van der Waals surface area contributed by atoms with Gasteiger partial charge in [0.05, 0.1) is 6.54 Å². The molecule has 114 valence electrons. The van der Waals surface area contributed by atoms with Gasteiger partial charge in [0.1, 0.15) is 11.9 Å². The first-order valence-electron chi connectivity index (χ1n) is 6.78. The monoisotopic (exact) mass is 293 g/mol. The highest BCUT2D eigenvalue weighted by Gasteiger charge is 2.22. The molecule has 0 saturated carbocycles. The first kappa shape index (κ1) is 15.6. The number of halogens is 1. The highest BCUT2D eigenvalue weighted by molar-refractivity contribution is 5.23. The number of rotatable bonds is 6. The number of nitrogens with zero attached hydrogens (tertiary/aromatic N) is 2. The largest absolute Gasteiger partial charge is 0.374 e. The van der Waals surface area contributed by atoms with E-state index >= 15 is 0 Å². The van der Waals surface area contributed by atoms with Crippen LogP contribution in [0.2, 0.25) is 0 Å². The molecule has 1 atom stereocenters. The molecule has 0 saturated heterocycles. The summed E-state index contributed by atoms with van der Waals surface area (Å²) in [5, 5.41) is 7.15. The van der Waals surface area contributed by atoms with Crippen molar-refractivity contribution in [2.45, 2.75) is 39.0 Å². The molecule has 0 fully saturated rings. The van der Waals surface area contributed by atoms with Crippen molar-refractivity contribution in [3.05, 3.63) is 47.4 Å². The third kappa shape index (κ3) is 3.86. The van der Waals surface area contributed by atoms with Crippen LogP contribution in [0, 0.1) is 5.82 Å². The molecule has 0 unspecified atom stereocenters. The molecular weight excluding hydrogens is 273 g/mol. The van der Waals surface area contributed by atoms with Gasteiger partial charge in [-0.2, -0.15) is 4.98 Å². The zero-order valence-corrected chi connectivity index (χ0v) is 12.7. The average molecular weight is 293 g/mol.